The zero-order valence-electron chi connectivity index (χ0n) is 9.62. The average Bonchev–Trinajstić information content (AvgIpc) is 2.20. The second-order valence-electron chi connectivity index (χ2n) is 5.42. The molecular formula is C13H24N2. The summed E-state index contributed by atoms with van der Waals surface area (Å²) in [7, 11) is 0. The van der Waals surface area contributed by atoms with E-state index < -0.39 is 0 Å². The van der Waals surface area contributed by atoms with E-state index in [1.165, 1.54) is 37.7 Å². The maximum Gasteiger partial charge on any atom is 0.00763 e. The Hall–Kier alpha value is -0.340. The van der Waals surface area contributed by atoms with Gasteiger partial charge in [0.15, 0.2) is 0 Å². The maximum absolute atomic E-state index is 6.23. The van der Waals surface area contributed by atoms with Gasteiger partial charge in [0.2, 0.25) is 0 Å². The Morgan fingerprint density at radius 3 is 2.40 bits per heavy atom. The number of nitrogens with two attached hydrogens (primary N) is 2. The first-order valence-corrected chi connectivity index (χ1v) is 6.37. The van der Waals surface area contributed by atoms with Crippen molar-refractivity contribution in [1.29, 1.82) is 0 Å². The molecule has 0 spiro atoms. The van der Waals surface area contributed by atoms with Gasteiger partial charge >= 0.3 is 0 Å². The van der Waals surface area contributed by atoms with Gasteiger partial charge in [0.25, 0.3) is 0 Å². The molecule has 0 heterocycles. The van der Waals surface area contributed by atoms with Crippen LogP contribution in [0.25, 0.3) is 0 Å². The predicted octanol–water partition coefficient (Wildman–Crippen LogP) is 2.19. The zero-order valence-corrected chi connectivity index (χ0v) is 9.62. The van der Waals surface area contributed by atoms with Crippen LogP contribution in [0.1, 0.15) is 44.9 Å². The van der Waals surface area contributed by atoms with Crippen LogP contribution in [0.2, 0.25) is 0 Å². The van der Waals surface area contributed by atoms with Gasteiger partial charge in [-0.1, -0.05) is 25.0 Å². The summed E-state index contributed by atoms with van der Waals surface area (Å²) in [6.45, 7) is 4.22. The molecule has 2 saturated carbocycles. The van der Waals surface area contributed by atoms with E-state index in [1.54, 1.807) is 0 Å². The summed E-state index contributed by atoms with van der Waals surface area (Å²) in [6, 6.07) is 0.767. The normalized spacial score (nSPS) is 42.9. The lowest BCUT2D eigenvalue weighted by Crippen LogP contribution is -2.41. The molecule has 2 heteroatoms. The molecule has 0 aromatic carbocycles. The van der Waals surface area contributed by atoms with E-state index in [0.717, 1.165) is 12.8 Å². The summed E-state index contributed by atoms with van der Waals surface area (Å²) in [6.07, 6.45) is 8.59. The summed E-state index contributed by atoms with van der Waals surface area (Å²) in [4.78, 5) is 0. The summed E-state index contributed by atoms with van der Waals surface area (Å²) in [5.74, 6) is 1.36. The minimum absolute atomic E-state index is 0.355. The largest absolute Gasteiger partial charge is 0.327 e. The van der Waals surface area contributed by atoms with Crippen LogP contribution < -0.4 is 11.5 Å². The van der Waals surface area contributed by atoms with Crippen molar-refractivity contribution in [3.05, 3.63) is 12.2 Å². The Morgan fingerprint density at radius 2 is 1.73 bits per heavy atom. The fourth-order valence-electron chi connectivity index (χ4n) is 3.39. The van der Waals surface area contributed by atoms with Crippen LogP contribution in [0.5, 0.6) is 0 Å². The molecule has 0 aliphatic heterocycles. The van der Waals surface area contributed by atoms with Gasteiger partial charge in [0.05, 0.1) is 0 Å². The Balaban J connectivity index is 1.99. The zero-order chi connectivity index (χ0) is 10.8. The van der Waals surface area contributed by atoms with Gasteiger partial charge in [-0.25, -0.2) is 0 Å². The van der Waals surface area contributed by atoms with E-state index in [-0.39, 0.29) is 0 Å². The summed E-state index contributed by atoms with van der Waals surface area (Å²) in [5.41, 5.74) is 13.6. The minimum Gasteiger partial charge on any atom is -0.327 e. The number of rotatable bonds is 1. The molecule has 2 rings (SSSR count). The van der Waals surface area contributed by atoms with E-state index >= 15 is 0 Å². The highest BCUT2D eigenvalue weighted by molar-refractivity contribution is 5.10. The molecule has 2 aliphatic rings. The first-order chi connectivity index (χ1) is 7.18. The van der Waals surface area contributed by atoms with Crippen LogP contribution in [0, 0.1) is 11.8 Å². The van der Waals surface area contributed by atoms with Gasteiger partial charge < -0.3 is 11.5 Å². The van der Waals surface area contributed by atoms with E-state index in [4.69, 9.17) is 11.5 Å². The predicted molar refractivity (Wildman–Crippen MR) is 64.4 cm³/mol. The van der Waals surface area contributed by atoms with Gasteiger partial charge in [-0.15, -0.1) is 0 Å². The molecule has 0 aromatic rings. The maximum atomic E-state index is 6.23. The standard InChI is InChI=1S/C13H24N2/c1-9-8-10(14)6-7-11(9)12-4-2-3-5-13(12)15/h10-13H,1-8,14-15H2. The Kier molecular flexibility index (Phi) is 3.47. The lowest BCUT2D eigenvalue weighted by atomic mass is 9.68. The molecule has 4 N–H and O–H groups in total. The molecule has 0 bridgehead atoms. The summed E-state index contributed by atoms with van der Waals surface area (Å²) < 4.78 is 0. The van der Waals surface area contributed by atoms with Crippen molar-refractivity contribution in [3.8, 4) is 0 Å². The van der Waals surface area contributed by atoms with Crippen molar-refractivity contribution in [2.75, 3.05) is 0 Å². The third-order valence-corrected chi connectivity index (χ3v) is 4.29. The topological polar surface area (TPSA) is 52.0 Å². The van der Waals surface area contributed by atoms with Crippen molar-refractivity contribution in [1.82, 2.24) is 0 Å². The highest BCUT2D eigenvalue weighted by atomic mass is 14.7. The van der Waals surface area contributed by atoms with Gasteiger partial charge in [0.1, 0.15) is 0 Å². The monoisotopic (exact) mass is 208 g/mol. The second kappa shape index (κ2) is 4.67. The van der Waals surface area contributed by atoms with E-state index in [2.05, 4.69) is 6.58 Å². The molecule has 2 fully saturated rings. The van der Waals surface area contributed by atoms with Gasteiger partial charge in [-0.3, -0.25) is 0 Å². The van der Waals surface area contributed by atoms with Crippen LogP contribution in [0.15, 0.2) is 12.2 Å². The fraction of sp³-hybridized carbons (Fsp3) is 0.846. The molecular weight excluding hydrogens is 184 g/mol. The lowest BCUT2D eigenvalue weighted by Gasteiger charge is -2.39. The molecule has 15 heavy (non-hydrogen) atoms. The van der Waals surface area contributed by atoms with Gasteiger partial charge in [-0.05, 0) is 43.9 Å². The smallest absolute Gasteiger partial charge is 0.00763 e. The fourth-order valence-corrected chi connectivity index (χ4v) is 3.39. The summed E-state index contributed by atoms with van der Waals surface area (Å²) >= 11 is 0. The first-order valence-electron chi connectivity index (χ1n) is 6.37. The average molecular weight is 208 g/mol. The summed E-state index contributed by atoms with van der Waals surface area (Å²) in [5, 5.41) is 0. The Morgan fingerprint density at radius 1 is 1.00 bits per heavy atom. The van der Waals surface area contributed by atoms with E-state index in [1.807, 2.05) is 0 Å². The van der Waals surface area contributed by atoms with Crippen LogP contribution >= 0.6 is 0 Å². The third-order valence-electron chi connectivity index (χ3n) is 4.29. The molecule has 0 radical (unpaired) electrons. The molecule has 2 aliphatic carbocycles. The SMILES string of the molecule is C=C1CC(N)CCC1C1CCCCC1N. The molecule has 4 atom stereocenters. The molecule has 0 aromatic heterocycles. The van der Waals surface area contributed by atoms with Crippen LogP contribution in [0.3, 0.4) is 0 Å². The van der Waals surface area contributed by atoms with Gasteiger partial charge in [0, 0.05) is 12.1 Å². The number of hydrogen-bond acceptors (Lipinski definition) is 2. The van der Waals surface area contributed by atoms with Crippen LogP contribution in [-0.2, 0) is 0 Å². The molecule has 4 unspecified atom stereocenters. The van der Waals surface area contributed by atoms with Crippen molar-refractivity contribution >= 4 is 0 Å². The molecule has 0 saturated heterocycles. The second-order valence-corrected chi connectivity index (χ2v) is 5.42. The van der Waals surface area contributed by atoms with Crippen molar-refractivity contribution in [2.24, 2.45) is 23.3 Å². The Bertz CT molecular complexity index is 237. The van der Waals surface area contributed by atoms with Crippen molar-refractivity contribution < 1.29 is 0 Å². The third kappa shape index (κ3) is 2.43. The highest BCUT2D eigenvalue weighted by Crippen LogP contribution is 2.39. The van der Waals surface area contributed by atoms with Crippen molar-refractivity contribution in [2.45, 2.75) is 57.0 Å². The molecule has 2 nitrogen and oxygen atoms in total. The molecule has 0 amide bonds. The van der Waals surface area contributed by atoms with Crippen molar-refractivity contribution in [3.63, 3.8) is 0 Å². The quantitative estimate of drug-likeness (QED) is 0.649. The first kappa shape index (κ1) is 11.2. The molecule has 86 valence electrons. The Labute approximate surface area is 93.1 Å². The minimum atomic E-state index is 0.355. The van der Waals surface area contributed by atoms with Crippen LogP contribution in [-0.4, -0.2) is 12.1 Å². The van der Waals surface area contributed by atoms with Gasteiger partial charge in [-0.2, -0.15) is 0 Å². The highest BCUT2D eigenvalue weighted by Gasteiger charge is 2.33. The number of hydrogen-bond donors (Lipinski definition) is 2. The van der Waals surface area contributed by atoms with E-state index in [9.17, 15) is 0 Å². The van der Waals surface area contributed by atoms with E-state index in [0.29, 0.717) is 23.9 Å². The lowest BCUT2D eigenvalue weighted by molar-refractivity contribution is 0.207. The van der Waals surface area contributed by atoms with Crippen LogP contribution in [0.4, 0.5) is 0 Å².